The molecule has 170 valence electrons. The Kier molecular flexibility index (Phi) is 6.82. The van der Waals surface area contributed by atoms with E-state index >= 15 is 0 Å². The number of nitrogens with zero attached hydrogens (tertiary/aromatic N) is 3. The molecule has 1 heterocycles. The quantitative estimate of drug-likeness (QED) is 0.230. The molecule has 3 rings (SSSR count). The van der Waals surface area contributed by atoms with E-state index in [1.54, 1.807) is 30.3 Å². The van der Waals surface area contributed by atoms with Crippen molar-refractivity contribution in [2.24, 2.45) is 7.05 Å². The fourth-order valence-corrected chi connectivity index (χ4v) is 3.23. The van der Waals surface area contributed by atoms with Gasteiger partial charge in [-0.05, 0) is 5.56 Å². The van der Waals surface area contributed by atoms with E-state index in [0.717, 1.165) is 14.7 Å². The van der Waals surface area contributed by atoms with Crippen molar-refractivity contribution in [2.45, 2.75) is 13.0 Å². The number of hydrogen-bond donors (Lipinski definition) is 1. The Morgan fingerprint density at radius 2 is 1.70 bits per heavy atom. The van der Waals surface area contributed by atoms with Crippen molar-refractivity contribution < 1.29 is 19.2 Å². The van der Waals surface area contributed by atoms with E-state index in [1.165, 1.54) is 31.3 Å². The first-order valence-electron chi connectivity index (χ1n) is 9.75. The molecular formula is C22H20N4O7. The maximum atomic E-state index is 12.7. The van der Waals surface area contributed by atoms with Gasteiger partial charge in [0.2, 0.25) is 5.78 Å². The molecule has 0 atom stereocenters. The van der Waals surface area contributed by atoms with Crippen LogP contribution in [0, 0.1) is 10.1 Å². The summed E-state index contributed by atoms with van der Waals surface area (Å²) in [6, 6.07) is 14.5. The zero-order valence-corrected chi connectivity index (χ0v) is 17.6. The van der Waals surface area contributed by atoms with Gasteiger partial charge in [0.1, 0.15) is 11.4 Å². The van der Waals surface area contributed by atoms with E-state index in [4.69, 9.17) is 10.5 Å². The highest BCUT2D eigenvalue weighted by atomic mass is 16.6. The van der Waals surface area contributed by atoms with Crippen LogP contribution in [0.2, 0.25) is 0 Å². The van der Waals surface area contributed by atoms with Crippen LogP contribution in [0.15, 0.2) is 64.2 Å². The Bertz CT molecular complexity index is 1340. The van der Waals surface area contributed by atoms with Crippen LogP contribution in [0.25, 0.3) is 0 Å². The number of Topliss-reactive ketones (excluding diaryl/α,β-unsaturated/α-hetero) is 1. The first-order chi connectivity index (χ1) is 15.7. The third-order valence-corrected chi connectivity index (χ3v) is 4.93. The van der Waals surface area contributed by atoms with Gasteiger partial charge >= 0.3 is 11.7 Å². The zero-order valence-electron chi connectivity index (χ0n) is 17.6. The topological polar surface area (TPSA) is 157 Å². The van der Waals surface area contributed by atoms with Gasteiger partial charge in [0.15, 0.2) is 6.61 Å². The van der Waals surface area contributed by atoms with Gasteiger partial charge in [-0.1, -0.05) is 48.5 Å². The lowest BCUT2D eigenvalue weighted by Crippen LogP contribution is -2.43. The normalized spacial score (nSPS) is 10.6. The largest absolute Gasteiger partial charge is 0.457 e. The van der Waals surface area contributed by atoms with Crippen molar-refractivity contribution in [3.05, 3.63) is 102 Å². The molecule has 11 nitrogen and oxygen atoms in total. The lowest BCUT2D eigenvalue weighted by atomic mass is 10.1. The summed E-state index contributed by atoms with van der Waals surface area (Å²) in [4.78, 5) is 60.4. The second-order valence-electron chi connectivity index (χ2n) is 7.13. The highest BCUT2D eigenvalue weighted by Crippen LogP contribution is 2.18. The van der Waals surface area contributed by atoms with Gasteiger partial charge in [-0.15, -0.1) is 0 Å². The summed E-state index contributed by atoms with van der Waals surface area (Å²) in [6.07, 6.45) is -0.439. The Hall–Kier alpha value is -4.54. The maximum Gasteiger partial charge on any atom is 0.332 e. The minimum absolute atomic E-state index is 0.0252. The predicted octanol–water partition coefficient (Wildman–Crippen LogP) is 1.05. The second kappa shape index (κ2) is 9.73. The molecule has 0 aliphatic heterocycles. The lowest BCUT2D eigenvalue weighted by molar-refractivity contribution is -0.385. The molecule has 11 heteroatoms. The number of esters is 1. The number of nitrogen functional groups attached to an aromatic ring is 1. The molecule has 1 aromatic heterocycles. The van der Waals surface area contributed by atoms with Gasteiger partial charge < -0.3 is 10.5 Å². The zero-order chi connectivity index (χ0) is 24.1. The van der Waals surface area contributed by atoms with Crippen molar-refractivity contribution in [2.75, 3.05) is 12.3 Å². The Labute approximate surface area is 186 Å². The number of nitro benzene ring substituents is 1. The van der Waals surface area contributed by atoms with E-state index in [1.807, 2.05) is 0 Å². The molecule has 2 N–H and O–H groups in total. The van der Waals surface area contributed by atoms with Crippen LogP contribution in [0.1, 0.15) is 21.5 Å². The highest BCUT2D eigenvalue weighted by Gasteiger charge is 2.23. The predicted molar refractivity (Wildman–Crippen MR) is 118 cm³/mol. The molecule has 0 unspecified atom stereocenters. The Morgan fingerprint density at radius 1 is 1.06 bits per heavy atom. The van der Waals surface area contributed by atoms with Crippen LogP contribution in [-0.4, -0.2) is 32.4 Å². The minimum Gasteiger partial charge on any atom is -0.457 e. The summed E-state index contributed by atoms with van der Waals surface area (Å²) in [6.45, 7) is -0.792. The summed E-state index contributed by atoms with van der Waals surface area (Å²) < 4.78 is 6.77. The maximum absolute atomic E-state index is 12.7. The summed E-state index contributed by atoms with van der Waals surface area (Å²) >= 11 is 0. The van der Waals surface area contributed by atoms with E-state index in [2.05, 4.69) is 0 Å². The molecule has 0 saturated heterocycles. The van der Waals surface area contributed by atoms with Crippen molar-refractivity contribution in [3.8, 4) is 0 Å². The van der Waals surface area contributed by atoms with E-state index in [-0.39, 0.29) is 23.6 Å². The number of benzene rings is 2. The monoisotopic (exact) mass is 452 g/mol. The number of carbonyl (C=O) groups is 2. The third kappa shape index (κ3) is 5.03. The van der Waals surface area contributed by atoms with Crippen LogP contribution < -0.4 is 17.0 Å². The van der Waals surface area contributed by atoms with Crippen LogP contribution in [0.4, 0.5) is 11.5 Å². The standard InChI is InChI=1S/C22H20N4O7/c1-24-21(29)19(20(23)25(22(24)30)12-14-7-3-2-4-8-14)17(27)13-33-18(28)11-15-9-5-6-10-16(15)26(31)32/h2-10H,11-13,23H2,1H3. The molecule has 0 aliphatic carbocycles. The van der Waals surface area contributed by atoms with E-state index < -0.39 is 46.5 Å². The van der Waals surface area contributed by atoms with Crippen molar-refractivity contribution in [3.63, 3.8) is 0 Å². The van der Waals surface area contributed by atoms with Gasteiger partial charge in [0.05, 0.1) is 17.9 Å². The van der Waals surface area contributed by atoms with Crippen LogP contribution in [0.3, 0.4) is 0 Å². The number of hydrogen-bond acceptors (Lipinski definition) is 8. The molecule has 0 bridgehead atoms. The molecule has 0 saturated carbocycles. The van der Waals surface area contributed by atoms with E-state index in [0.29, 0.717) is 0 Å². The number of nitrogens with two attached hydrogens (primary N) is 1. The van der Waals surface area contributed by atoms with Gasteiger partial charge in [-0.3, -0.25) is 33.6 Å². The molecule has 0 fully saturated rings. The Balaban J connectivity index is 1.81. The van der Waals surface area contributed by atoms with Crippen molar-refractivity contribution >= 4 is 23.3 Å². The second-order valence-corrected chi connectivity index (χ2v) is 7.13. The summed E-state index contributed by atoms with van der Waals surface area (Å²) in [7, 11) is 1.21. The minimum atomic E-state index is -0.915. The number of ketones is 1. The van der Waals surface area contributed by atoms with Crippen molar-refractivity contribution in [1.82, 2.24) is 9.13 Å². The first-order valence-corrected chi connectivity index (χ1v) is 9.75. The lowest BCUT2D eigenvalue weighted by Gasteiger charge is -2.14. The fourth-order valence-electron chi connectivity index (χ4n) is 3.23. The molecule has 0 amide bonds. The van der Waals surface area contributed by atoms with E-state index in [9.17, 15) is 29.3 Å². The molecule has 0 radical (unpaired) electrons. The number of para-hydroxylation sites is 1. The number of ether oxygens (including phenoxy) is 1. The van der Waals surface area contributed by atoms with Crippen LogP contribution in [-0.2, 0) is 29.5 Å². The van der Waals surface area contributed by atoms with Gasteiger partial charge in [0, 0.05) is 18.7 Å². The molecule has 33 heavy (non-hydrogen) atoms. The average Bonchev–Trinajstić information content (AvgIpc) is 2.80. The first kappa shape index (κ1) is 23.1. The number of anilines is 1. The van der Waals surface area contributed by atoms with Gasteiger partial charge in [0.25, 0.3) is 11.2 Å². The number of nitro groups is 1. The third-order valence-electron chi connectivity index (χ3n) is 4.93. The van der Waals surface area contributed by atoms with Crippen molar-refractivity contribution in [1.29, 1.82) is 0 Å². The smallest absolute Gasteiger partial charge is 0.332 e. The number of carbonyl (C=O) groups excluding carboxylic acids is 2. The Morgan fingerprint density at radius 3 is 2.36 bits per heavy atom. The summed E-state index contributed by atoms with van der Waals surface area (Å²) in [5, 5.41) is 11.1. The van der Waals surface area contributed by atoms with Crippen LogP contribution >= 0.6 is 0 Å². The highest BCUT2D eigenvalue weighted by molar-refractivity contribution is 6.01. The molecule has 3 aromatic rings. The fraction of sp³-hybridized carbons (Fsp3) is 0.182. The molecule has 0 spiro atoms. The van der Waals surface area contributed by atoms with Gasteiger partial charge in [-0.25, -0.2) is 4.79 Å². The van der Waals surface area contributed by atoms with Gasteiger partial charge in [-0.2, -0.15) is 0 Å². The molecule has 0 aliphatic rings. The molecule has 2 aromatic carbocycles. The summed E-state index contributed by atoms with van der Waals surface area (Å²) in [5.74, 6) is -2.14. The number of aromatic nitrogens is 2. The van der Waals surface area contributed by atoms with Crippen LogP contribution in [0.5, 0.6) is 0 Å². The SMILES string of the molecule is Cn1c(=O)c(C(=O)COC(=O)Cc2ccccc2[N+](=O)[O-])c(N)n(Cc2ccccc2)c1=O. The summed E-state index contributed by atoms with van der Waals surface area (Å²) in [5.41, 5.74) is 4.48. The number of rotatable bonds is 8. The average molecular weight is 452 g/mol. The molecular weight excluding hydrogens is 432 g/mol.